The Morgan fingerprint density at radius 2 is 1.34 bits per heavy atom. The van der Waals surface area contributed by atoms with Gasteiger partial charge in [-0.05, 0) is 65.1 Å². The van der Waals surface area contributed by atoms with Gasteiger partial charge >= 0.3 is 0 Å². The Bertz CT molecular complexity index is 1310. The molecule has 0 spiro atoms. The van der Waals surface area contributed by atoms with Crippen molar-refractivity contribution in [2.45, 2.75) is 19.8 Å². The molecule has 0 heterocycles. The van der Waals surface area contributed by atoms with Gasteiger partial charge in [-0.1, -0.05) is 68.4 Å². The van der Waals surface area contributed by atoms with E-state index in [9.17, 15) is 10.5 Å². The van der Waals surface area contributed by atoms with Crippen LogP contribution in [0.5, 0.6) is 0 Å². The second kappa shape index (κ2) is 9.21. The van der Waals surface area contributed by atoms with E-state index in [1.165, 1.54) is 11.1 Å². The molecule has 3 nitrogen and oxygen atoms in total. The summed E-state index contributed by atoms with van der Waals surface area (Å²) in [5.74, 6) is 0.429. The van der Waals surface area contributed by atoms with Gasteiger partial charge in [0.05, 0.1) is 22.9 Å². The molecular weight excluding hydrogens is 390 g/mol. The monoisotopic (exact) mass is 413 g/mol. The molecular formula is C29H23N3. The highest BCUT2D eigenvalue weighted by molar-refractivity contribution is 5.82. The molecule has 4 aromatic carbocycles. The molecule has 0 unspecified atom stereocenters. The van der Waals surface area contributed by atoms with E-state index in [-0.39, 0.29) is 0 Å². The fraction of sp³-hybridized carbons (Fsp3) is 0.103. The second-order valence-corrected chi connectivity index (χ2v) is 7.92. The van der Waals surface area contributed by atoms with Crippen molar-refractivity contribution in [3.8, 4) is 23.3 Å². The number of nitrogens with zero attached hydrogens (tertiary/aromatic N) is 3. The Morgan fingerprint density at radius 1 is 0.688 bits per heavy atom. The van der Waals surface area contributed by atoms with Crippen LogP contribution in [-0.4, -0.2) is 0 Å². The summed E-state index contributed by atoms with van der Waals surface area (Å²) in [7, 11) is 0. The van der Waals surface area contributed by atoms with Gasteiger partial charge in [0.25, 0.3) is 0 Å². The quantitative estimate of drug-likeness (QED) is 0.337. The van der Waals surface area contributed by atoms with Crippen molar-refractivity contribution in [3.63, 3.8) is 0 Å². The maximum Gasteiger partial charge on any atom is 0.101 e. The first-order valence-corrected chi connectivity index (χ1v) is 10.6. The van der Waals surface area contributed by atoms with Crippen LogP contribution in [0, 0.1) is 22.7 Å². The molecule has 0 aliphatic heterocycles. The van der Waals surface area contributed by atoms with Gasteiger partial charge in [-0.25, -0.2) is 0 Å². The zero-order valence-corrected chi connectivity index (χ0v) is 18.2. The van der Waals surface area contributed by atoms with Gasteiger partial charge < -0.3 is 4.90 Å². The highest BCUT2D eigenvalue weighted by atomic mass is 15.1. The molecule has 32 heavy (non-hydrogen) atoms. The Labute approximate surface area is 189 Å². The lowest BCUT2D eigenvalue weighted by molar-refractivity contribution is 0.869. The topological polar surface area (TPSA) is 50.8 Å². The van der Waals surface area contributed by atoms with Gasteiger partial charge in [0.15, 0.2) is 0 Å². The number of hydrogen-bond donors (Lipinski definition) is 0. The third-order valence-electron chi connectivity index (χ3n) is 5.52. The van der Waals surface area contributed by atoms with Gasteiger partial charge in [0.1, 0.15) is 6.07 Å². The summed E-state index contributed by atoms with van der Waals surface area (Å²) in [5.41, 5.74) is 7.26. The first-order chi connectivity index (χ1) is 15.6. The predicted octanol–water partition coefficient (Wildman–Crippen LogP) is 7.69. The van der Waals surface area contributed by atoms with E-state index in [4.69, 9.17) is 0 Å². The number of rotatable bonds is 5. The zero-order valence-electron chi connectivity index (χ0n) is 18.2. The first-order valence-electron chi connectivity index (χ1n) is 10.6. The van der Waals surface area contributed by atoms with E-state index in [0.29, 0.717) is 22.7 Å². The summed E-state index contributed by atoms with van der Waals surface area (Å²) in [6.45, 7) is 4.41. The second-order valence-electron chi connectivity index (χ2n) is 7.92. The van der Waals surface area contributed by atoms with E-state index in [0.717, 1.165) is 16.9 Å². The van der Waals surface area contributed by atoms with E-state index in [1.807, 2.05) is 35.2 Å². The SMILES string of the molecule is CC(C)c1ccccc1-c1ccc(N(c2ccccc2)c2cc(C#N)ccc2C#N)cc1. The molecule has 0 saturated carbocycles. The van der Waals surface area contributed by atoms with E-state index >= 15 is 0 Å². The third-order valence-corrected chi connectivity index (χ3v) is 5.52. The van der Waals surface area contributed by atoms with Gasteiger partial charge in [0.2, 0.25) is 0 Å². The zero-order chi connectivity index (χ0) is 22.5. The Balaban J connectivity index is 1.85. The number of nitriles is 2. The lowest BCUT2D eigenvalue weighted by Crippen LogP contribution is -2.11. The molecule has 0 amide bonds. The lowest BCUT2D eigenvalue weighted by Gasteiger charge is -2.26. The van der Waals surface area contributed by atoms with Crippen LogP contribution in [0.1, 0.15) is 36.5 Å². The van der Waals surface area contributed by atoms with Crippen molar-refractivity contribution in [2.24, 2.45) is 0 Å². The average molecular weight is 414 g/mol. The molecule has 4 aromatic rings. The summed E-state index contributed by atoms with van der Waals surface area (Å²) < 4.78 is 0. The van der Waals surface area contributed by atoms with Crippen molar-refractivity contribution in [1.82, 2.24) is 0 Å². The van der Waals surface area contributed by atoms with E-state index in [1.54, 1.807) is 18.2 Å². The fourth-order valence-corrected chi connectivity index (χ4v) is 3.94. The predicted molar refractivity (Wildman–Crippen MR) is 130 cm³/mol. The highest BCUT2D eigenvalue weighted by Crippen LogP contribution is 2.38. The Morgan fingerprint density at radius 3 is 2.00 bits per heavy atom. The van der Waals surface area contributed by atoms with Crippen LogP contribution in [0.25, 0.3) is 11.1 Å². The van der Waals surface area contributed by atoms with Crippen molar-refractivity contribution in [3.05, 3.63) is 114 Å². The Hall–Kier alpha value is -4.34. The van der Waals surface area contributed by atoms with E-state index < -0.39 is 0 Å². The molecule has 3 heteroatoms. The average Bonchev–Trinajstić information content (AvgIpc) is 2.85. The van der Waals surface area contributed by atoms with Gasteiger partial charge in [-0.2, -0.15) is 10.5 Å². The number of para-hydroxylation sites is 1. The molecule has 0 atom stereocenters. The largest absolute Gasteiger partial charge is 0.309 e. The van der Waals surface area contributed by atoms with Crippen molar-refractivity contribution < 1.29 is 0 Å². The summed E-state index contributed by atoms with van der Waals surface area (Å²) in [6.07, 6.45) is 0. The van der Waals surface area contributed by atoms with Crippen molar-refractivity contribution in [1.29, 1.82) is 10.5 Å². The standard InChI is InChI=1S/C29H23N3/c1-21(2)27-10-6-7-11-28(27)23-14-16-26(17-15-23)32(25-8-4-3-5-9-25)29-18-22(19-30)12-13-24(29)20-31/h3-18,21H,1-2H3. The van der Waals surface area contributed by atoms with Crippen LogP contribution in [0.2, 0.25) is 0 Å². The van der Waals surface area contributed by atoms with Crippen LogP contribution in [0.4, 0.5) is 17.1 Å². The number of hydrogen-bond acceptors (Lipinski definition) is 3. The summed E-state index contributed by atoms with van der Waals surface area (Å²) in [6, 6.07) is 36.4. The number of anilines is 3. The minimum atomic E-state index is 0.429. The van der Waals surface area contributed by atoms with Gasteiger partial charge in [-0.15, -0.1) is 0 Å². The molecule has 0 fully saturated rings. The highest BCUT2D eigenvalue weighted by Gasteiger charge is 2.17. The van der Waals surface area contributed by atoms with Crippen LogP contribution < -0.4 is 4.90 Å². The summed E-state index contributed by atoms with van der Waals surface area (Å²) >= 11 is 0. The lowest BCUT2D eigenvalue weighted by atomic mass is 9.92. The van der Waals surface area contributed by atoms with Gasteiger partial charge in [0, 0.05) is 11.4 Å². The molecule has 0 aliphatic carbocycles. The third kappa shape index (κ3) is 4.10. The van der Waals surface area contributed by atoms with Crippen molar-refractivity contribution in [2.75, 3.05) is 4.90 Å². The first kappa shape index (κ1) is 20.9. The summed E-state index contributed by atoms with van der Waals surface area (Å²) in [5, 5.41) is 19.2. The summed E-state index contributed by atoms with van der Waals surface area (Å²) in [4.78, 5) is 2.03. The minimum Gasteiger partial charge on any atom is -0.309 e. The normalized spacial score (nSPS) is 10.4. The molecule has 0 bridgehead atoms. The van der Waals surface area contributed by atoms with Crippen LogP contribution in [-0.2, 0) is 0 Å². The minimum absolute atomic E-state index is 0.429. The van der Waals surface area contributed by atoms with Crippen molar-refractivity contribution >= 4 is 17.1 Å². The smallest absolute Gasteiger partial charge is 0.101 e. The van der Waals surface area contributed by atoms with Gasteiger partial charge in [-0.3, -0.25) is 0 Å². The molecule has 154 valence electrons. The molecule has 0 aliphatic rings. The molecule has 4 rings (SSSR count). The van der Waals surface area contributed by atoms with Crippen LogP contribution >= 0.6 is 0 Å². The number of benzene rings is 4. The molecule has 0 radical (unpaired) electrons. The molecule has 0 aromatic heterocycles. The van der Waals surface area contributed by atoms with E-state index in [2.05, 4.69) is 74.5 Å². The molecule has 0 N–H and O–H groups in total. The fourth-order valence-electron chi connectivity index (χ4n) is 3.94. The Kier molecular flexibility index (Phi) is 6.02. The van der Waals surface area contributed by atoms with Crippen LogP contribution in [0.3, 0.4) is 0 Å². The maximum atomic E-state index is 9.74. The van der Waals surface area contributed by atoms with Crippen LogP contribution in [0.15, 0.2) is 97.1 Å². The molecule has 0 saturated heterocycles. The maximum absolute atomic E-state index is 9.74.